The summed E-state index contributed by atoms with van der Waals surface area (Å²) in [5.41, 5.74) is 1.91. The van der Waals surface area contributed by atoms with Gasteiger partial charge in [0.1, 0.15) is 0 Å². The van der Waals surface area contributed by atoms with Gasteiger partial charge in [-0.3, -0.25) is 4.79 Å². The van der Waals surface area contributed by atoms with Gasteiger partial charge in [-0.25, -0.2) is 0 Å². The molecule has 98 valence electrons. The van der Waals surface area contributed by atoms with Crippen LogP contribution in [0.5, 0.6) is 0 Å². The van der Waals surface area contributed by atoms with E-state index in [0.29, 0.717) is 11.8 Å². The number of hydrogen-bond acceptors (Lipinski definition) is 1. The lowest BCUT2D eigenvalue weighted by Gasteiger charge is -2.31. The van der Waals surface area contributed by atoms with Gasteiger partial charge in [-0.1, -0.05) is 22.0 Å². The van der Waals surface area contributed by atoms with Gasteiger partial charge in [0.2, 0.25) is 0 Å². The Morgan fingerprint density at radius 1 is 1.44 bits per heavy atom. The first-order valence-electron chi connectivity index (χ1n) is 6.23. The molecule has 0 saturated carbocycles. The maximum absolute atomic E-state index is 12.3. The highest BCUT2D eigenvalue weighted by Gasteiger charge is 2.23. The lowest BCUT2D eigenvalue weighted by Crippen LogP contribution is -2.38. The third-order valence-corrected chi connectivity index (χ3v) is 4.83. The summed E-state index contributed by atoms with van der Waals surface area (Å²) in [6.07, 6.45) is 2.03. The molecule has 1 amide bonds. The fourth-order valence-electron chi connectivity index (χ4n) is 2.20. The molecule has 4 heteroatoms. The number of halogens is 2. The molecule has 1 aromatic rings. The Hall–Kier alpha value is -0.540. The third-order valence-electron chi connectivity index (χ3n) is 3.54. The second kappa shape index (κ2) is 6.07. The average molecular weight is 331 g/mol. The van der Waals surface area contributed by atoms with Crippen LogP contribution in [0.2, 0.25) is 0 Å². The van der Waals surface area contributed by atoms with Crippen LogP contribution < -0.4 is 0 Å². The minimum atomic E-state index is 0.128. The lowest BCUT2D eigenvalue weighted by molar-refractivity contribution is 0.0698. The number of alkyl halides is 1. The van der Waals surface area contributed by atoms with Crippen molar-refractivity contribution in [3.63, 3.8) is 0 Å². The number of hydrogen-bond donors (Lipinski definition) is 0. The van der Waals surface area contributed by atoms with Crippen LogP contribution in [-0.4, -0.2) is 29.8 Å². The van der Waals surface area contributed by atoms with E-state index >= 15 is 0 Å². The summed E-state index contributed by atoms with van der Waals surface area (Å²) in [6, 6.07) is 5.78. The summed E-state index contributed by atoms with van der Waals surface area (Å²) in [6.45, 7) is 3.66. The van der Waals surface area contributed by atoms with E-state index in [2.05, 4.69) is 15.9 Å². The first-order chi connectivity index (χ1) is 8.61. The molecular formula is C14H17BrClNO. The highest BCUT2D eigenvalue weighted by Crippen LogP contribution is 2.22. The van der Waals surface area contributed by atoms with Crippen LogP contribution in [-0.2, 0) is 0 Å². The molecule has 0 N–H and O–H groups in total. The van der Waals surface area contributed by atoms with Crippen LogP contribution in [0, 0.1) is 12.8 Å². The van der Waals surface area contributed by atoms with Crippen molar-refractivity contribution in [2.45, 2.75) is 19.8 Å². The van der Waals surface area contributed by atoms with E-state index in [9.17, 15) is 4.79 Å². The number of piperidine rings is 1. The molecule has 0 aromatic heterocycles. The second-order valence-corrected chi connectivity index (χ2v) is 6.02. The first kappa shape index (κ1) is 13.9. The predicted molar refractivity (Wildman–Crippen MR) is 78.2 cm³/mol. The highest BCUT2D eigenvalue weighted by molar-refractivity contribution is 9.10. The third kappa shape index (κ3) is 3.07. The molecule has 1 heterocycles. The Bertz CT molecular complexity index is 441. The van der Waals surface area contributed by atoms with Gasteiger partial charge < -0.3 is 4.90 Å². The van der Waals surface area contributed by atoms with Crippen LogP contribution >= 0.6 is 27.5 Å². The summed E-state index contributed by atoms with van der Waals surface area (Å²) in [4.78, 5) is 14.3. The van der Waals surface area contributed by atoms with E-state index in [1.165, 1.54) is 0 Å². The summed E-state index contributed by atoms with van der Waals surface area (Å²) in [7, 11) is 0. The van der Waals surface area contributed by atoms with Crippen molar-refractivity contribution in [3.05, 3.63) is 33.8 Å². The molecule has 0 spiro atoms. The van der Waals surface area contributed by atoms with E-state index in [-0.39, 0.29) is 5.91 Å². The van der Waals surface area contributed by atoms with Gasteiger partial charge in [-0.2, -0.15) is 0 Å². The molecule has 0 aliphatic carbocycles. The Labute approximate surface area is 121 Å². The van der Waals surface area contributed by atoms with Gasteiger partial charge >= 0.3 is 0 Å². The minimum absolute atomic E-state index is 0.128. The molecule has 1 aliphatic rings. The molecule has 0 radical (unpaired) electrons. The Morgan fingerprint density at radius 2 is 2.11 bits per heavy atom. The Balaban J connectivity index is 2.05. The predicted octanol–water partition coefficient (Wildman–Crippen LogP) is 3.85. The number of rotatable bonds is 2. The zero-order chi connectivity index (χ0) is 13.1. The average Bonchev–Trinajstić information content (AvgIpc) is 2.41. The number of likely N-dealkylation sites (tertiary alicyclic amines) is 1. The van der Waals surface area contributed by atoms with Crippen molar-refractivity contribution in [3.8, 4) is 0 Å². The van der Waals surface area contributed by atoms with Crippen molar-refractivity contribution in [1.29, 1.82) is 0 Å². The molecule has 2 rings (SSSR count). The number of aryl methyl sites for hydroxylation is 1. The van der Waals surface area contributed by atoms with E-state index in [0.717, 1.165) is 41.5 Å². The van der Waals surface area contributed by atoms with Crippen molar-refractivity contribution in [2.24, 2.45) is 5.92 Å². The van der Waals surface area contributed by atoms with Crippen LogP contribution in [0.1, 0.15) is 28.8 Å². The number of carbonyl (C=O) groups excluding carboxylic acids is 1. The number of nitrogens with zero attached hydrogens (tertiary/aromatic N) is 1. The Morgan fingerprint density at radius 3 is 2.67 bits per heavy atom. The van der Waals surface area contributed by atoms with Crippen molar-refractivity contribution in [1.82, 2.24) is 4.90 Å². The van der Waals surface area contributed by atoms with Crippen molar-refractivity contribution in [2.75, 3.05) is 19.0 Å². The molecule has 1 fully saturated rings. The molecular weight excluding hydrogens is 314 g/mol. The van der Waals surface area contributed by atoms with E-state index in [1.54, 1.807) is 0 Å². The molecule has 18 heavy (non-hydrogen) atoms. The fourth-order valence-corrected chi connectivity index (χ4v) is 2.89. The van der Waals surface area contributed by atoms with Gasteiger partial charge in [0.15, 0.2) is 0 Å². The molecule has 1 aromatic carbocycles. The van der Waals surface area contributed by atoms with Gasteiger partial charge in [-0.15, -0.1) is 11.6 Å². The summed E-state index contributed by atoms with van der Waals surface area (Å²) < 4.78 is 0.990. The number of amides is 1. The minimum Gasteiger partial charge on any atom is -0.339 e. The van der Waals surface area contributed by atoms with Gasteiger partial charge in [0.05, 0.1) is 0 Å². The largest absolute Gasteiger partial charge is 0.339 e. The summed E-state index contributed by atoms with van der Waals surface area (Å²) >= 11 is 9.32. The molecule has 1 aliphatic heterocycles. The zero-order valence-corrected chi connectivity index (χ0v) is 12.8. The second-order valence-electron chi connectivity index (χ2n) is 4.85. The van der Waals surface area contributed by atoms with Crippen LogP contribution in [0.15, 0.2) is 22.7 Å². The maximum Gasteiger partial charge on any atom is 0.253 e. The van der Waals surface area contributed by atoms with E-state index in [4.69, 9.17) is 11.6 Å². The smallest absolute Gasteiger partial charge is 0.253 e. The standard InChI is InChI=1S/C14H17BrClNO/c1-10-2-3-12(8-13(10)15)14(18)17-6-4-11(9-16)5-7-17/h2-3,8,11H,4-7,9H2,1H3. The number of carbonyl (C=O) groups is 1. The van der Waals surface area contributed by atoms with Gasteiger partial charge in [0.25, 0.3) is 5.91 Å². The van der Waals surface area contributed by atoms with E-state index in [1.807, 2.05) is 30.0 Å². The number of benzene rings is 1. The molecule has 0 bridgehead atoms. The summed E-state index contributed by atoms with van der Waals surface area (Å²) in [5, 5.41) is 0. The molecule has 0 atom stereocenters. The quantitative estimate of drug-likeness (QED) is 0.754. The van der Waals surface area contributed by atoms with Gasteiger partial charge in [0, 0.05) is 29.0 Å². The normalized spacial score (nSPS) is 16.9. The fraction of sp³-hybridized carbons (Fsp3) is 0.500. The van der Waals surface area contributed by atoms with Crippen molar-refractivity contribution < 1.29 is 4.79 Å². The maximum atomic E-state index is 12.3. The molecule has 1 saturated heterocycles. The summed E-state index contributed by atoms with van der Waals surface area (Å²) in [5.74, 6) is 1.40. The SMILES string of the molecule is Cc1ccc(C(=O)N2CCC(CCl)CC2)cc1Br. The van der Waals surface area contributed by atoms with Crippen molar-refractivity contribution >= 4 is 33.4 Å². The van der Waals surface area contributed by atoms with Crippen LogP contribution in [0.4, 0.5) is 0 Å². The van der Waals surface area contributed by atoms with E-state index < -0.39 is 0 Å². The Kier molecular flexibility index (Phi) is 4.68. The molecule has 2 nitrogen and oxygen atoms in total. The molecule has 0 unspecified atom stereocenters. The van der Waals surface area contributed by atoms with Crippen LogP contribution in [0.3, 0.4) is 0 Å². The topological polar surface area (TPSA) is 20.3 Å². The monoisotopic (exact) mass is 329 g/mol. The van der Waals surface area contributed by atoms with Gasteiger partial charge in [-0.05, 0) is 43.4 Å². The lowest BCUT2D eigenvalue weighted by atomic mass is 9.98. The zero-order valence-electron chi connectivity index (χ0n) is 10.5. The van der Waals surface area contributed by atoms with Crippen LogP contribution in [0.25, 0.3) is 0 Å². The highest BCUT2D eigenvalue weighted by atomic mass is 79.9. The first-order valence-corrected chi connectivity index (χ1v) is 7.56.